The average Bonchev–Trinajstić information content (AvgIpc) is 3.16. The molecule has 0 saturated heterocycles. The Morgan fingerprint density at radius 2 is 0.931 bits per heavy atom. The van der Waals surface area contributed by atoms with Crippen LogP contribution in [0.25, 0.3) is 33.4 Å². The minimum Gasteiger partial charge on any atom is -0.504 e. The summed E-state index contributed by atoms with van der Waals surface area (Å²) in [5.41, 5.74) is 5.42. The van der Waals surface area contributed by atoms with Crippen LogP contribution in [0.1, 0.15) is 73.6 Å². The van der Waals surface area contributed by atoms with E-state index < -0.39 is 16.6 Å². The second-order valence-corrected chi connectivity index (χ2v) is 27.8. The number of phenolic OH excluding ortho intramolecular Hbond substituents is 2. The maximum absolute atomic E-state index is 11.6. The maximum Gasteiger partial charge on any atom is 0.191 e. The summed E-state index contributed by atoms with van der Waals surface area (Å²) in [4.78, 5) is 0. The van der Waals surface area contributed by atoms with Gasteiger partial charge in [0.15, 0.2) is 39.6 Å². The molecule has 0 fully saturated rings. The first-order chi connectivity index (χ1) is 27.3. The van der Waals surface area contributed by atoms with Crippen molar-refractivity contribution >= 4 is 16.6 Å². The van der Waals surface area contributed by atoms with Gasteiger partial charge in [-0.15, -0.1) is 0 Å². The van der Waals surface area contributed by atoms with Crippen LogP contribution in [-0.2, 0) is 13.6 Å². The van der Waals surface area contributed by atoms with Crippen LogP contribution in [0.3, 0.4) is 0 Å². The molecule has 2 N–H and O–H groups in total. The zero-order valence-electron chi connectivity index (χ0n) is 37.1. The highest BCUT2D eigenvalue weighted by atomic mass is 28.4. The van der Waals surface area contributed by atoms with Crippen LogP contribution in [-0.4, -0.2) is 73.6 Å². The van der Waals surface area contributed by atoms with Crippen LogP contribution in [0.4, 0.5) is 0 Å². The third-order valence-corrected chi connectivity index (χ3v) is 20.7. The molecule has 0 aliphatic heterocycles. The third kappa shape index (κ3) is 13.4. The van der Waals surface area contributed by atoms with E-state index in [2.05, 4.69) is 104 Å². The molecular weight excluding hydrogens is 761 g/mol. The summed E-state index contributed by atoms with van der Waals surface area (Å²) in [5.74, 6) is 1.71. The van der Waals surface area contributed by atoms with Gasteiger partial charge in [-0.3, -0.25) is 0 Å². The largest absolute Gasteiger partial charge is 0.504 e. The molecule has 0 aliphatic rings. The van der Waals surface area contributed by atoms with Crippen LogP contribution < -0.4 is 14.2 Å². The van der Waals surface area contributed by atoms with E-state index in [0.29, 0.717) is 56.5 Å². The lowest BCUT2D eigenvalue weighted by Gasteiger charge is -2.36. The zero-order chi connectivity index (χ0) is 42.6. The minimum atomic E-state index is -1.86. The lowest BCUT2D eigenvalue weighted by atomic mass is 9.95. The molecule has 0 aliphatic carbocycles. The van der Waals surface area contributed by atoms with Crippen molar-refractivity contribution in [2.75, 3.05) is 46.8 Å². The second kappa shape index (κ2) is 20.9. The van der Waals surface area contributed by atoms with Crippen LogP contribution >= 0.6 is 0 Å². The van der Waals surface area contributed by atoms with Gasteiger partial charge in [-0.05, 0) is 126 Å². The number of unbranched alkanes of at least 4 members (excludes halogenated alkanes) is 2. The number of ether oxygens (including phenoxy) is 4. The summed E-state index contributed by atoms with van der Waals surface area (Å²) < 4.78 is 36.2. The molecule has 8 nitrogen and oxygen atoms in total. The quantitative estimate of drug-likeness (QED) is 0.0597. The summed E-state index contributed by atoms with van der Waals surface area (Å²) in [7, 11) is -1.98. The zero-order valence-corrected chi connectivity index (χ0v) is 39.1. The Kier molecular flexibility index (Phi) is 16.9. The molecule has 4 rings (SSSR count). The standard InChI is InChI=1S/C48H70O8Si2/c1-47(2,3)57(8,9)55-31-15-14-29-54-46-42(39-23-26-43(49)45(35-39)53-30-16-32-56-58(10,11)48(4,5)6)33-40(34-44(46)50)38-19-17-36(18-20-38)37-21-24-41(25-22-37)52-28-13-12-27-51-7/h17-26,33-35,49-50H,12-16,27-32H2,1-11H3. The topological polar surface area (TPSA) is 95.8 Å². The van der Waals surface area contributed by atoms with Crippen LogP contribution in [0.15, 0.2) is 78.9 Å². The number of hydrogen-bond donors (Lipinski definition) is 2. The molecule has 58 heavy (non-hydrogen) atoms. The lowest BCUT2D eigenvalue weighted by molar-refractivity contribution is 0.184. The fourth-order valence-corrected chi connectivity index (χ4v) is 7.96. The van der Waals surface area contributed by atoms with Gasteiger partial charge in [0, 0.05) is 38.9 Å². The number of aromatic hydroxyl groups is 2. The van der Waals surface area contributed by atoms with Crippen molar-refractivity contribution in [3.05, 3.63) is 78.9 Å². The molecule has 0 bridgehead atoms. The Balaban J connectivity index is 1.53. The molecular formula is C48H70O8Si2. The molecule has 0 unspecified atom stereocenters. The highest BCUT2D eigenvalue weighted by molar-refractivity contribution is 6.74. The molecule has 10 heteroatoms. The van der Waals surface area contributed by atoms with E-state index in [1.54, 1.807) is 19.2 Å². The van der Waals surface area contributed by atoms with Crippen molar-refractivity contribution in [3.8, 4) is 62.1 Å². The molecule has 0 heterocycles. The van der Waals surface area contributed by atoms with Gasteiger partial charge in [-0.25, -0.2) is 0 Å². The summed E-state index contributed by atoms with van der Waals surface area (Å²) in [6.07, 6.45) is 4.25. The smallest absolute Gasteiger partial charge is 0.191 e. The van der Waals surface area contributed by atoms with E-state index in [1.807, 2.05) is 30.3 Å². The van der Waals surface area contributed by atoms with E-state index in [9.17, 15) is 10.2 Å². The number of methoxy groups -OCH3 is 1. The number of rotatable bonds is 22. The third-order valence-electron chi connectivity index (χ3n) is 11.6. The summed E-state index contributed by atoms with van der Waals surface area (Å²) in [5, 5.41) is 22.7. The summed E-state index contributed by atoms with van der Waals surface area (Å²) in [6, 6.07) is 25.5. The van der Waals surface area contributed by atoms with Gasteiger partial charge in [0.2, 0.25) is 0 Å². The number of phenols is 2. The first-order valence-corrected chi connectivity index (χ1v) is 26.7. The first kappa shape index (κ1) is 46.9. The fourth-order valence-electron chi connectivity index (χ4n) is 5.79. The monoisotopic (exact) mass is 830 g/mol. The predicted molar refractivity (Wildman–Crippen MR) is 244 cm³/mol. The molecule has 4 aromatic rings. The van der Waals surface area contributed by atoms with Gasteiger partial charge < -0.3 is 38.0 Å². The van der Waals surface area contributed by atoms with Crippen molar-refractivity contribution in [2.45, 2.75) is 110 Å². The molecule has 0 radical (unpaired) electrons. The Morgan fingerprint density at radius 1 is 0.466 bits per heavy atom. The maximum atomic E-state index is 11.6. The highest BCUT2D eigenvalue weighted by Crippen LogP contribution is 2.44. The Hall–Kier alpha value is -3.81. The molecule has 0 amide bonds. The van der Waals surface area contributed by atoms with Gasteiger partial charge >= 0.3 is 0 Å². The van der Waals surface area contributed by atoms with Crippen molar-refractivity contribution in [2.24, 2.45) is 0 Å². The van der Waals surface area contributed by atoms with E-state index in [1.165, 1.54) is 0 Å². The van der Waals surface area contributed by atoms with E-state index >= 15 is 0 Å². The Morgan fingerprint density at radius 3 is 1.50 bits per heavy atom. The Labute approximate surface area is 351 Å². The molecule has 0 atom stereocenters. The normalized spacial score (nSPS) is 12.5. The summed E-state index contributed by atoms with van der Waals surface area (Å²) in [6.45, 7) is 25.9. The van der Waals surface area contributed by atoms with Gasteiger partial charge in [0.05, 0.1) is 19.8 Å². The lowest BCUT2D eigenvalue weighted by Crippen LogP contribution is -2.41. The fraction of sp³-hybridized carbons (Fsp3) is 0.500. The van der Waals surface area contributed by atoms with Gasteiger partial charge in [0.25, 0.3) is 0 Å². The minimum absolute atomic E-state index is 0.0465. The Bertz CT molecular complexity index is 1860. The van der Waals surface area contributed by atoms with Crippen LogP contribution in [0.5, 0.6) is 28.7 Å². The molecule has 318 valence electrons. The van der Waals surface area contributed by atoms with Crippen molar-refractivity contribution < 1.29 is 38.0 Å². The van der Waals surface area contributed by atoms with Crippen molar-refractivity contribution in [3.63, 3.8) is 0 Å². The van der Waals surface area contributed by atoms with Gasteiger partial charge in [-0.1, -0.05) is 84.0 Å². The predicted octanol–water partition coefficient (Wildman–Crippen LogP) is 12.9. The molecule has 0 aromatic heterocycles. The summed E-state index contributed by atoms with van der Waals surface area (Å²) >= 11 is 0. The van der Waals surface area contributed by atoms with Gasteiger partial charge in [0.1, 0.15) is 5.75 Å². The van der Waals surface area contributed by atoms with Crippen LogP contribution in [0.2, 0.25) is 36.3 Å². The van der Waals surface area contributed by atoms with Crippen LogP contribution in [0, 0.1) is 0 Å². The van der Waals surface area contributed by atoms with E-state index in [4.69, 9.17) is 27.8 Å². The van der Waals surface area contributed by atoms with Crippen molar-refractivity contribution in [1.29, 1.82) is 0 Å². The number of benzene rings is 4. The van der Waals surface area contributed by atoms with Crippen molar-refractivity contribution in [1.82, 2.24) is 0 Å². The van der Waals surface area contributed by atoms with E-state index in [-0.39, 0.29) is 21.6 Å². The second-order valence-electron chi connectivity index (χ2n) is 18.2. The highest BCUT2D eigenvalue weighted by Gasteiger charge is 2.37. The molecule has 0 spiro atoms. The molecule has 0 saturated carbocycles. The molecule has 4 aromatic carbocycles. The number of hydrogen-bond acceptors (Lipinski definition) is 8. The van der Waals surface area contributed by atoms with E-state index in [0.717, 1.165) is 65.9 Å². The van der Waals surface area contributed by atoms with Gasteiger partial charge in [-0.2, -0.15) is 0 Å². The average molecular weight is 831 g/mol. The SMILES string of the molecule is COCCCCOc1ccc(-c2ccc(-c3cc(O)c(OCCCCO[Si](C)(C)C(C)(C)C)c(-c4ccc(O)c(OCCCO[Si](C)(C)C(C)(C)C)c4)c3)cc2)cc1. The first-order valence-electron chi connectivity index (χ1n) is 20.9.